The van der Waals surface area contributed by atoms with E-state index in [-0.39, 0.29) is 0 Å². The van der Waals surface area contributed by atoms with Gasteiger partial charge in [0, 0.05) is 18.1 Å². The smallest absolute Gasteiger partial charge is 0.221 e. The molecule has 6 heteroatoms. The molecule has 0 unspecified atom stereocenters. The van der Waals surface area contributed by atoms with Crippen molar-refractivity contribution in [3.05, 3.63) is 28.3 Å². The second-order valence-corrected chi connectivity index (χ2v) is 4.43. The van der Waals surface area contributed by atoms with Gasteiger partial charge in [-0.05, 0) is 13.0 Å². The molecule has 0 aliphatic carbocycles. The highest BCUT2D eigenvalue weighted by Crippen LogP contribution is 2.17. The van der Waals surface area contributed by atoms with Crippen LogP contribution in [0.3, 0.4) is 0 Å². The van der Waals surface area contributed by atoms with Gasteiger partial charge >= 0.3 is 0 Å². The molecule has 16 heavy (non-hydrogen) atoms. The van der Waals surface area contributed by atoms with Gasteiger partial charge in [0.05, 0.1) is 17.7 Å². The summed E-state index contributed by atoms with van der Waals surface area (Å²) in [5.74, 6) is 1.12. The standard InChI is InChI=1S/C10H13N5S/c1-7-8(16-6-13-7)5-15(2)9-3-4-12-10(11)14-9/h3-4,6H,5H2,1-2H3,(H2,11,12,14). The number of nitrogens with zero attached hydrogens (tertiary/aromatic N) is 4. The zero-order valence-electron chi connectivity index (χ0n) is 9.21. The second-order valence-electron chi connectivity index (χ2n) is 3.49. The fourth-order valence-corrected chi connectivity index (χ4v) is 2.18. The number of thiazole rings is 1. The minimum absolute atomic E-state index is 0.297. The Balaban J connectivity index is 2.14. The van der Waals surface area contributed by atoms with E-state index in [2.05, 4.69) is 15.0 Å². The van der Waals surface area contributed by atoms with E-state index in [1.165, 1.54) is 4.88 Å². The monoisotopic (exact) mass is 235 g/mol. The van der Waals surface area contributed by atoms with Crippen molar-refractivity contribution < 1.29 is 0 Å². The maximum absolute atomic E-state index is 5.54. The van der Waals surface area contributed by atoms with Crippen LogP contribution in [0.25, 0.3) is 0 Å². The molecule has 0 aliphatic heterocycles. The average Bonchev–Trinajstić information content (AvgIpc) is 2.64. The van der Waals surface area contributed by atoms with Crippen molar-refractivity contribution in [2.75, 3.05) is 17.7 Å². The molecule has 0 amide bonds. The van der Waals surface area contributed by atoms with Gasteiger partial charge < -0.3 is 10.6 Å². The zero-order valence-corrected chi connectivity index (χ0v) is 10.0. The Labute approximate surface area is 98.0 Å². The highest BCUT2D eigenvalue weighted by molar-refractivity contribution is 7.09. The molecular weight excluding hydrogens is 222 g/mol. The summed E-state index contributed by atoms with van der Waals surface area (Å²) in [4.78, 5) is 15.5. The van der Waals surface area contributed by atoms with E-state index < -0.39 is 0 Å². The first-order valence-corrected chi connectivity index (χ1v) is 5.73. The highest BCUT2D eigenvalue weighted by Gasteiger charge is 2.07. The summed E-state index contributed by atoms with van der Waals surface area (Å²) in [6.07, 6.45) is 1.66. The Morgan fingerprint density at radius 2 is 2.25 bits per heavy atom. The fourth-order valence-electron chi connectivity index (χ4n) is 1.35. The van der Waals surface area contributed by atoms with Gasteiger partial charge in [0.15, 0.2) is 0 Å². The van der Waals surface area contributed by atoms with Crippen molar-refractivity contribution >= 4 is 23.1 Å². The average molecular weight is 235 g/mol. The van der Waals surface area contributed by atoms with Crippen molar-refractivity contribution in [3.8, 4) is 0 Å². The van der Waals surface area contributed by atoms with Crippen LogP contribution >= 0.6 is 11.3 Å². The highest BCUT2D eigenvalue weighted by atomic mass is 32.1. The van der Waals surface area contributed by atoms with E-state index in [1.54, 1.807) is 17.5 Å². The summed E-state index contributed by atoms with van der Waals surface area (Å²) in [6, 6.07) is 1.84. The number of nitrogen functional groups attached to an aromatic ring is 1. The maximum atomic E-state index is 5.54. The van der Waals surface area contributed by atoms with Crippen LogP contribution in [0.2, 0.25) is 0 Å². The summed E-state index contributed by atoms with van der Waals surface area (Å²) < 4.78 is 0. The molecular formula is C10H13N5S. The van der Waals surface area contributed by atoms with E-state index in [4.69, 9.17) is 5.73 Å². The first kappa shape index (κ1) is 10.8. The third-order valence-electron chi connectivity index (χ3n) is 2.28. The van der Waals surface area contributed by atoms with Crippen LogP contribution in [0.4, 0.5) is 11.8 Å². The van der Waals surface area contributed by atoms with Crippen LogP contribution in [0.1, 0.15) is 10.6 Å². The van der Waals surface area contributed by atoms with E-state index in [0.29, 0.717) is 5.95 Å². The van der Waals surface area contributed by atoms with Crippen LogP contribution in [0.15, 0.2) is 17.8 Å². The largest absolute Gasteiger partial charge is 0.368 e. The Bertz CT molecular complexity index is 482. The number of nitrogens with two attached hydrogens (primary N) is 1. The molecule has 0 aliphatic rings. The van der Waals surface area contributed by atoms with E-state index in [9.17, 15) is 0 Å². The Morgan fingerprint density at radius 1 is 1.44 bits per heavy atom. The molecule has 0 aromatic carbocycles. The summed E-state index contributed by atoms with van der Waals surface area (Å²) in [5, 5.41) is 0. The minimum atomic E-state index is 0.297. The molecule has 5 nitrogen and oxygen atoms in total. The summed E-state index contributed by atoms with van der Waals surface area (Å²) in [6.45, 7) is 2.79. The molecule has 0 fully saturated rings. The summed E-state index contributed by atoms with van der Waals surface area (Å²) in [5.41, 5.74) is 8.46. The summed E-state index contributed by atoms with van der Waals surface area (Å²) in [7, 11) is 1.97. The van der Waals surface area contributed by atoms with Crippen LogP contribution in [0, 0.1) is 6.92 Å². The number of aromatic nitrogens is 3. The summed E-state index contributed by atoms with van der Waals surface area (Å²) >= 11 is 1.65. The molecule has 2 N–H and O–H groups in total. The molecule has 0 saturated heterocycles. The Morgan fingerprint density at radius 3 is 2.88 bits per heavy atom. The van der Waals surface area contributed by atoms with E-state index in [0.717, 1.165) is 18.1 Å². The van der Waals surface area contributed by atoms with Gasteiger partial charge in [-0.1, -0.05) is 0 Å². The molecule has 0 spiro atoms. The molecule has 0 bridgehead atoms. The molecule has 2 aromatic heterocycles. The lowest BCUT2D eigenvalue weighted by molar-refractivity contribution is 0.897. The van der Waals surface area contributed by atoms with Gasteiger partial charge in [-0.15, -0.1) is 11.3 Å². The predicted octanol–water partition coefficient (Wildman–Crippen LogP) is 1.46. The first-order valence-electron chi connectivity index (χ1n) is 4.85. The molecule has 0 saturated carbocycles. The first-order chi connectivity index (χ1) is 7.66. The lowest BCUT2D eigenvalue weighted by atomic mass is 10.3. The van der Waals surface area contributed by atoms with Gasteiger partial charge in [-0.25, -0.2) is 9.97 Å². The van der Waals surface area contributed by atoms with Gasteiger partial charge in [0.1, 0.15) is 5.82 Å². The second kappa shape index (κ2) is 4.44. The zero-order chi connectivity index (χ0) is 11.5. The molecule has 2 aromatic rings. The van der Waals surface area contributed by atoms with Gasteiger partial charge in [0.2, 0.25) is 5.95 Å². The molecule has 2 heterocycles. The molecule has 0 radical (unpaired) electrons. The van der Waals surface area contributed by atoms with Crippen molar-refractivity contribution in [2.24, 2.45) is 0 Å². The third-order valence-corrected chi connectivity index (χ3v) is 3.20. The number of hydrogen-bond donors (Lipinski definition) is 1. The maximum Gasteiger partial charge on any atom is 0.221 e. The van der Waals surface area contributed by atoms with Gasteiger partial charge in [-0.2, -0.15) is 4.98 Å². The Kier molecular flexibility index (Phi) is 3.00. The predicted molar refractivity (Wildman–Crippen MR) is 65.4 cm³/mol. The quantitative estimate of drug-likeness (QED) is 0.872. The van der Waals surface area contributed by atoms with E-state index >= 15 is 0 Å². The third kappa shape index (κ3) is 2.27. The SMILES string of the molecule is Cc1ncsc1CN(C)c1ccnc(N)n1. The number of aryl methyl sites for hydroxylation is 1. The van der Waals surface area contributed by atoms with Crippen molar-refractivity contribution in [1.29, 1.82) is 0 Å². The lowest BCUT2D eigenvalue weighted by Crippen LogP contribution is -2.18. The van der Waals surface area contributed by atoms with E-state index in [1.807, 2.05) is 30.4 Å². The lowest BCUT2D eigenvalue weighted by Gasteiger charge is -2.17. The molecule has 2 rings (SSSR count). The van der Waals surface area contributed by atoms with Gasteiger partial charge in [0.25, 0.3) is 0 Å². The Hall–Kier alpha value is -1.69. The normalized spacial score (nSPS) is 10.4. The number of anilines is 2. The number of rotatable bonds is 3. The van der Waals surface area contributed by atoms with Crippen LogP contribution in [-0.4, -0.2) is 22.0 Å². The molecule has 84 valence electrons. The van der Waals surface area contributed by atoms with Crippen molar-refractivity contribution in [3.63, 3.8) is 0 Å². The fraction of sp³-hybridized carbons (Fsp3) is 0.300. The van der Waals surface area contributed by atoms with Crippen molar-refractivity contribution in [2.45, 2.75) is 13.5 Å². The topological polar surface area (TPSA) is 67.9 Å². The molecule has 0 atom stereocenters. The number of hydrogen-bond acceptors (Lipinski definition) is 6. The minimum Gasteiger partial charge on any atom is -0.368 e. The van der Waals surface area contributed by atoms with Crippen LogP contribution in [-0.2, 0) is 6.54 Å². The van der Waals surface area contributed by atoms with Crippen LogP contribution < -0.4 is 10.6 Å². The van der Waals surface area contributed by atoms with Crippen molar-refractivity contribution in [1.82, 2.24) is 15.0 Å². The van der Waals surface area contributed by atoms with Crippen LogP contribution in [0.5, 0.6) is 0 Å². The van der Waals surface area contributed by atoms with Gasteiger partial charge in [-0.3, -0.25) is 0 Å².